The molecule has 0 N–H and O–H groups in total. The molecule has 68 valence electrons. The van der Waals surface area contributed by atoms with Crippen molar-refractivity contribution in [3.63, 3.8) is 0 Å². The second kappa shape index (κ2) is 3.30. The highest BCUT2D eigenvalue weighted by atomic mass is 15.2. The van der Waals surface area contributed by atoms with Gasteiger partial charge in [-0.05, 0) is 24.3 Å². The van der Waals surface area contributed by atoms with E-state index in [1.807, 2.05) is 17.9 Å². The van der Waals surface area contributed by atoms with E-state index in [0.29, 0.717) is 5.41 Å². The van der Waals surface area contributed by atoms with E-state index in [-0.39, 0.29) is 0 Å². The summed E-state index contributed by atoms with van der Waals surface area (Å²) in [5.74, 6) is 0. The molecule has 0 spiro atoms. The largest absolute Gasteiger partial charge is 0.276 e. The fraction of sp³-hybridized carbons (Fsp3) is 0.700. The summed E-state index contributed by atoms with van der Waals surface area (Å²) in [5.41, 5.74) is 1.62. The summed E-state index contributed by atoms with van der Waals surface area (Å²) in [7, 11) is 1.96. The first-order valence-corrected chi connectivity index (χ1v) is 4.46. The Hall–Kier alpha value is -0.790. The third-order valence-electron chi connectivity index (χ3n) is 1.90. The normalized spacial score (nSPS) is 12.0. The van der Waals surface area contributed by atoms with Crippen molar-refractivity contribution >= 4 is 0 Å². The van der Waals surface area contributed by atoms with Crippen LogP contribution in [0.5, 0.6) is 0 Å². The Morgan fingerprint density at radius 2 is 2.08 bits per heavy atom. The molecule has 0 fully saturated rings. The van der Waals surface area contributed by atoms with Gasteiger partial charge >= 0.3 is 0 Å². The number of hydrogen-bond donors (Lipinski definition) is 0. The van der Waals surface area contributed by atoms with Gasteiger partial charge in [-0.15, -0.1) is 0 Å². The van der Waals surface area contributed by atoms with Crippen molar-refractivity contribution in [2.24, 2.45) is 12.5 Å². The zero-order valence-corrected chi connectivity index (χ0v) is 8.46. The second-order valence-electron chi connectivity index (χ2n) is 4.54. The van der Waals surface area contributed by atoms with Crippen molar-refractivity contribution < 1.29 is 0 Å². The maximum atomic E-state index is 4.33. The Bertz CT molecular complexity index is 243. The fourth-order valence-electron chi connectivity index (χ4n) is 1.10. The lowest BCUT2D eigenvalue weighted by Crippen LogP contribution is -2.06. The quantitative estimate of drug-likeness (QED) is 0.659. The van der Waals surface area contributed by atoms with Gasteiger partial charge in [-0.25, -0.2) is 0 Å². The first-order valence-electron chi connectivity index (χ1n) is 4.46. The lowest BCUT2D eigenvalue weighted by Gasteiger charge is -2.16. The van der Waals surface area contributed by atoms with Gasteiger partial charge in [0.1, 0.15) is 0 Å². The van der Waals surface area contributed by atoms with Crippen LogP contribution in [0, 0.1) is 5.41 Å². The molecule has 0 atom stereocenters. The van der Waals surface area contributed by atoms with Crippen molar-refractivity contribution in [3.8, 4) is 0 Å². The summed E-state index contributed by atoms with van der Waals surface area (Å²) in [6.45, 7) is 6.78. The molecule has 0 aliphatic rings. The minimum atomic E-state index is 0.414. The molecule has 0 saturated heterocycles. The Labute approximate surface area is 74.6 Å². The molecule has 2 heteroatoms. The monoisotopic (exact) mass is 166 g/mol. The molecular weight excluding hydrogens is 148 g/mol. The lowest BCUT2D eigenvalue weighted by atomic mass is 9.90. The van der Waals surface area contributed by atoms with Crippen molar-refractivity contribution in [3.05, 3.63) is 18.0 Å². The maximum absolute atomic E-state index is 4.33. The zero-order valence-electron chi connectivity index (χ0n) is 8.46. The minimum Gasteiger partial charge on any atom is -0.276 e. The minimum absolute atomic E-state index is 0.414. The van der Waals surface area contributed by atoms with E-state index in [1.165, 1.54) is 12.1 Å². The van der Waals surface area contributed by atoms with Gasteiger partial charge < -0.3 is 0 Å². The standard InChI is InChI=1S/C10H18N2/c1-10(2,3)7-5-9-6-8-12(4)11-9/h6,8H,5,7H2,1-4H3. The molecule has 12 heavy (non-hydrogen) atoms. The Balaban J connectivity index is 2.44. The Morgan fingerprint density at radius 1 is 1.42 bits per heavy atom. The van der Waals surface area contributed by atoms with Gasteiger partial charge in [-0.1, -0.05) is 20.8 Å². The smallest absolute Gasteiger partial charge is 0.0624 e. The van der Waals surface area contributed by atoms with Crippen LogP contribution in [0.3, 0.4) is 0 Å². The molecule has 0 amide bonds. The number of rotatable bonds is 2. The van der Waals surface area contributed by atoms with Crippen LogP contribution in [0.15, 0.2) is 12.3 Å². The molecule has 0 aliphatic heterocycles. The predicted molar refractivity (Wildman–Crippen MR) is 51.0 cm³/mol. The molecule has 0 radical (unpaired) electrons. The number of aryl methyl sites for hydroxylation is 2. The SMILES string of the molecule is Cn1ccc(CCC(C)(C)C)n1. The molecule has 0 aromatic carbocycles. The highest BCUT2D eigenvalue weighted by Crippen LogP contribution is 2.20. The highest BCUT2D eigenvalue weighted by molar-refractivity contribution is 4.99. The van der Waals surface area contributed by atoms with Crippen LogP contribution in [0.25, 0.3) is 0 Å². The second-order valence-corrected chi connectivity index (χ2v) is 4.54. The van der Waals surface area contributed by atoms with Crippen LogP contribution in [0.1, 0.15) is 32.9 Å². The van der Waals surface area contributed by atoms with E-state index >= 15 is 0 Å². The molecular formula is C10H18N2. The van der Waals surface area contributed by atoms with E-state index in [9.17, 15) is 0 Å². The average molecular weight is 166 g/mol. The van der Waals surface area contributed by atoms with Crippen LogP contribution in [-0.2, 0) is 13.5 Å². The van der Waals surface area contributed by atoms with Crippen LogP contribution in [-0.4, -0.2) is 9.78 Å². The van der Waals surface area contributed by atoms with Crippen LogP contribution >= 0.6 is 0 Å². The van der Waals surface area contributed by atoms with E-state index in [1.54, 1.807) is 0 Å². The number of hydrogen-bond acceptors (Lipinski definition) is 1. The van der Waals surface area contributed by atoms with Gasteiger partial charge in [0, 0.05) is 13.2 Å². The zero-order chi connectivity index (χ0) is 9.19. The molecule has 1 heterocycles. The van der Waals surface area contributed by atoms with Crippen LogP contribution < -0.4 is 0 Å². The summed E-state index contributed by atoms with van der Waals surface area (Å²) >= 11 is 0. The van der Waals surface area contributed by atoms with Crippen LogP contribution in [0.2, 0.25) is 0 Å². The van der Waals surface area contributed by atoms with Crippen molar-refractivity contribution in [1.82, 2.24) is 9.78 Å². The van der Waals surface area contributed by atoms with Crippen LogP contribution in [0.4, 0.5) is 0 Å². The summed E-state index contributed by atoms with van der Waals surface area (Å²) in [6.07, 6.45) is 4.28. The van der Waals surface area contributed by atoms with E-state index < -0.39 is 0 Å². The highest BCUT2D eigenvalue weighted by Gasteiger charge is 2.10. The van der Waals surface area contributed by atoms with E-state index in [4.69, 9.17) is 0 Å². The molecule has 0 saturated carbocycles. The Kier molecular flexibility index (Phi) is 2.55. The van der Waals surface area contributed by atoms with Gasteiger partial charge in [0.05, 0.1) is 5.69 Å². The lowest BCUT2D eigenvalue weighted by molar-refractivity contribution is 0.376. The first-order chi connectivity index (χ1) is 5.47. The van der Waals surface area contributed by atoms with Gasteiger partial charge in [0.2, 0.25) is 0 Å². The fourth-order valence-corrected chi connectivity index (χ4v) is 1.10. The summed E-state index contributed by atoms with van der Waals surface area (Å²) in [6, 6.07) is 2.09. The predicted octanol–water partition coefficient (Wildman–Crippen LogP) is 2.40. The first kappa shape index (κ1) is 9.30. The topological polar surface area (TPSA) is 17.8 Å². The summed E-state index contributed by atoms with van der Waals surface area (Å²) < 4.78 is 1.86. The molecule has 2 nitrogen and oxygen atoms in total. The van der Waals surface area contributed by atoms with Gasteiger partial charge in [0.15, 0.2) is 0 Å². The van der Waals surface area contributed by atoms with Crippen molar-refractivity contribution in [2.45, 2.75) is 33.6 Å². The van der Waals surface area contributed by atoms with Gasteiger partial charge in [-0.2, -0.15) is 5.10 Å². The summed E-state index contributed by atoms with van der Waals surface area (Å²) in [5, 5.41) is 4.33. The molecule has 1 aromatic rings. The molecule has 1 rings (SSSR count). The van der Waals surface area contributed by atoms with E-state index in [2.05, 4.69) is 31.9 Å². The third kappa shape index (κ3) is 3.07. The van der Waals surface area contributed by atoms with E-state index in [0.717, 1.165) is 6.42 Å². The number of aromatic nitrogens is 2. The van der Waals surface area contributed by atoms with Gasteiger partial charge in [-0.3, -0.25) is 4.68 Å². The van der Waals surface area contributed by atoms with Crippen molar-refractivity contribution in [1.29, 1.82) is 0 Å². The maximum Gasteiger partial charge on any atom is 0.0624 e. The number of nitrogens with zero attached hydrogens (tertiary/aromatic N) is 2. The molecule has 0 aliphatic carbocycles. The average Bonchev–Trinajstić information content (AvgIpc) is 2.30. The molecule has 1 aromatic heterocycles. The summed E-state index contributed by atoms with van der Waals surface area (Å²) in [4.78, 5) is 0. The molecule has 0 bridgehead atoms. The van der Waals surface area contributed by atoms with Gasteiger partial charge in [0.25, 0.3) is 0 Å². The third-order valence-corrected chi connectivity index (χ3v) is 1.90. The molecule has 0 unspecified atom stereocenters. The Morgan fingerprint density at radius 3 is 2.50 bits per heavy atom. The van der Waals surface area contributed by atoms with Crippen molar-refractivity contribution in [2.75, 3.05) is 0 Å².